The number of carbonyl (C=O) groups is 1. The normalized spacial score (nSPS) is 11.1. The molecule has 0 spiro atoms. The van der Waals surface area contributed by atoms with E-state index < -0.39 is 0 Å². The van der Waals surface area contributed by atoms with Gasteiger partial charge in [-0.25, -0.2) is 15.0 Å². The Labute approximate surface area is 199 Å². The number of aromatic nitrogens is 4. The van der Waals surface area contributed by atoms with Crippen molar-refractivity contribution in [3.63, 3.8) is 0 Å². The highest BCUT2D eigenvalue weighted by molar-refractivity contribution is 8.00. The van der Waals surface area contributed by atoms with Crippen molar-refractivity contribution in [3.8, 4) is 5.82 Å². The van der Waals surface area contributed by atoms with E-state index in [0.717, 1.165) is 43.8 Å². The summed E-state index contributed by atoms with van der Waals surface area (Å²) in [6.45, 7) is 2.41. The van der Waals surface area contributed by atoms with Crippen LogP contribution >= 0.6 is 23.1 Å². The highest BCUT2D eigenvalue weighted by Crippen LogP contribution is 2.26. The molecule has 0 atom stereocenters. The Morgan fingerprint density at radius 2 is 1.85 bits per heavy atom. The Morgan fingerprint density at radius 1 is 1.03 bits per heavy atom. The first-order chi connectivity index (χ1) is 16.2. The van der Waals surface area contributed by atoms with Gasteiger partial charge >= 0.3 is 0 Å². The van der Waals surface area contributed by atoms with E-state index in [1.54, 1.807) is 35.6 Å². The first-order valence-electron chi connectivity index (χ1n) is 10.5. The van der Waals surface area contributed by atoms with Crippen LogP contribution in [0.4, 0.5) is 0 Å². The lowest BCUT2D eigenvalue weighted by molar-refractivity contribution is 0.0951. The van der Waals surface area contributed by atoms with Gasteiger partial charge in [0.05, 0.1) is 11.0 Å². The molecule has 0 radical (unpaired) electrons. The van der Waals surface area contributed by atoms with Crippen LogP contribution in [-0.4, -0.2) is 25.4 Å². The third-order valence-electron chi connectivity index (χ3n) is 5.14. The summed E-state index contributed by atoms with van der Waals surface area (Å²) in [6, 6.07) is 19.6. The van der Waals surface area contributed by atoms with Crippen molar-refractivity contribution in [2.24, 2.45) is 0 Å². The van der Waals surface area contributed by atoms with E-state index in [9.17, 15) is 4.79 Å². The molecule has 164 valence electrons. The van der Waals surface area contributed by atoms with E-state index in [0.29, 0.717) is 12.1 Å². The zero-order chi connectivity index (χ0) is 22.6. The number of fused-ring (bicyclic) bond motifs is 1. The van der Waals surface area contributed by atoms with Gasteiger partial charge in [-0.15, -0.1) is 11.3 Å². The van der Waals surface area contributed by atoms with Crippen LogP contribution < -0.4 is 5.32 Å². The molecule has 0 saturated carbocycles. The molecular weight excluding hydrogens is 450 g/mol. The van der Waals surface area contributed by atoms with Gasteiger partial charge in [-0.1, -0.05) is 42.1 Å². The fraction of sp³-hybridized carbons (Fsp3) is 0.120. The van der Waals surface area contributed by atoms with Gasteiger partial charge in [0.25, 0.3) is 5.91 Å². The Kier molecular flexibility index (Phi) is 6.19. The van der Waals surface area contributed by atoms with E-state index in [4.69, 9.17) is 0 Å². The maximum atomic E-state index is 12.6. The number of thiazole rings is 1. The molecular formula is C25H21N5OS2. The zero-order valence-electron chi connectivity index (χ0n) is 17.9. The van der Waals surface area contributed by atoms with Crippen molar-refractivity contribution in [1.29, 1.82) is 0 Å². The quantitative estimate of drug-likeness (QED) is 0.322. The molecule has 5 rings (SSSR count). The van der Waals surface area contributed by atoms with Crippen LogP contribution in [0.15, 0.2) is 82.9 Å². The van der Waals surface area contributed by atoms with Gasteiger partial charge in [-0.2, -0.15) is 0 Å². The summed E-state index contributed by atoms with van der Waals surface area (Å²) < 4.78 is 3.02. The number of para-hydroxylation sites is 2. The number of imidazole rings is 1. The predicted octanol–water partition coefficient (Wildman–Crippen LogP) is 5.41. The predicted molar refractivity (Wildman–Crippen MR) is 133 cm³/mol. The minimum absolute atomic E-state index is 0.102. The summed E-state index contributed by atoms with van der Waals surface area (Å²) in [5.74, 6) is 1.52. The van der Waals surface area contributed by atoms with Crippen molar-refractivity contribution in [2.45, 2.75) is 23.6 Å². The van der Waals surface area contributed by atoms with Gasteiger partial charge in [0.2, 0.25) is 0 Å². The summed E-state index contributed by atoms with van der Waals surface area (Å²) in [6.07, 6.45) is 3.56. The van der Waals surface area contributed by atoms with E-state index in [1.807, 2.05) is 72.2 Å². The van der Waals surface area contributed by atoms with Crippen LogP contribution in [-0.2, 0) is 12.3 Å². The van der Waals surface area contributed by atoms with Crippen molar-refractivity contribution in [2.75, 3.05) is 0 Å². The molecule has 33 heavy (non-hydrogen) atoms. The van der Waals surface area contributed by atoms with E-state index in [2.05, 4.69) is 25.6 Å². The SMILES string of the molecule is Cc1csc(SCc2ccc(C(=O)NCc3ccc(-n4cnc5ccccc54)nc3)cc2)n1. The Bertz CT molecular complexity index is 1390. The fourth-order valence-corrected chi connectivity index (χ4v) is 5.19. The van der Waals surface area contributed by atoms with Gasteiger partial charge < -0.3 is 5.32 Å². The number of nitrogens with one attached hydrogen (secondary N) is 1. The molecule has 6 nitrogen and oxygen atoms in total. The average molecular weight is 472 g/mol. The molecule has 0 bridgehead atoms. The van der Waals surface area contributed by atoms with Crippen LogP contribution in [0.25, 0.3) is 16.9 Å². The monoisotopic (exact) mass is 471 g/mol. The number of rotatable bonds is 7. The lowest BCUT2D eigenvalue weighted by atomic mass is 10.1. The van der Waals surface area contributed by atoms with E-state index >= 15 is 0 Å². The number of carbonyl (C=O) groups excluding carboxylic acids is 1. The summed E-state index contributed by atoms with van der Waals surface area (Å²) in [4.78, 5) is 26.0. The standard InChI is InChI=1S/C25H21N5OS2/c1-17-14-32-25(29-17)33-15-18-6-9-20(10-7-18)24(31)27-13-19-8-11-23(26-12-19)30-16-28-21-4-2-3-5-22(21)30/h2-12,14,16H,13,15H2,1H3,(H,27,31). The lowest BCUT2D eigenvalue weighted by Gasteiger charge is -2.08. The third-order valence-corrected chi connectivity index (χ3v) is 7.35. The number of amides is 1. The molecule has 0 unspecified atom stereocenters. The molecule has 3 aromatic heterocycles. The maximum Gasteiger partial charge on any atom is 0.251 e. The summed E-state index contributed by atoms with van der Waals surface area (Å²) in [5, 5.41) is 5.02. The topological polar surface area (TPSA) is 72.7 Å². The molecule has 0 saturated heterocycles. The molecule has 1 amide bonds. The molecule has 8 heteroatoms. The molecule has 0 fully saturated rings. The summed E-state index contributed by atoms with van der Waals surface area (Å²) in [7, 11) is 0. The van der Waals surface area contributed by atoms with Crippen molar-refractivity contribution in [1.82, 2.24) is 24.8 Å². The largest absolute Gasteiger partial charge is 0.348 e. The van der Waals surface area contributed by atoms with Crippen molar-refractivity contribution >= 4 is 40.0 Å². The summed E-state index contributed by atoms with van der Waals surface area (Å²) in [5.41, 5.74) is 5.73. The lowest BCUT2D eigenvalue weighted by Crippen LogP contribution is -2.22. The number of aryl methyl sites for hydroxylation is 1. The van der Waals surface area contributed by atoms with Gasteiger partial charge in [0.15, 0.2) is 0 Å². The second-order valence-electron chi connectivity index (χ2n) is 7.55. The highest BCUT2D eigenvalue weighted by atomic mass is 32.2. The average Bonchev–Trinajstić information content (AvgIpc) is 3.48. The highest BCUT2D eigenvalue weighted by Gasteiger charge is 2.08. The number of thioether (sulfide) groups is 1. The minimum Gasteiger partial charge on any atom is -0.348 e. The second-order valence-corrected chi connectivity index (χ2v) is 9.63. The minimum atomic E-state index is -0.102. The van der Waals surface area contributed by atoms with Gasteiger partial charge in [-0.05, 0) is 48.4 Å². The maximum absolute atomic E-state index is 12.6. The zero-order valence-corrected chi connectivity index (χ0v) is 19.6. The Morgan fingerprint density at radius 3 is 2.61 bits per heavy atom. The molecule has 2 aromatic carbocycles. The van der Waals surface area contributed by atoms with Gasteiger partial charge in [-0.3, -0.25) is 9.36 Å². The third kappa shape index (κ3) is 4.97. The summed E-state index contributed by atoms with van der Waals surface area (Å²) >= 11 is 3.37. The van der Waals surface area contributed by atoms with Gasteiger partial charge in [0, 0.05) is 35.1 Å². The van der Waals surface area contributed by atoms with Crippen LogP contribution in [0.2, 0.25) is 0 Å². The van der Waals surface area contributed by atoms with Crippen molar-refractivity contribution < 1.29 is 4.79 Å². The van der Waals surface area contributed by atoms with Crippen LogP contribution in [0.1, 0.15) is 27.2 Å². The molecule has 5 aromatic rings. The van der Waals surface area contributed by atoms with Crippen LogP contribution in [0.3, 0.4) is 0 Å². The molecule has 3 heterocycles. The number of nitrogens with zero attached hydrogens (tertiary/aromatic N) is 4. The number of benzene rings is 2. The molecule has 0 aliphatic heterocycles. The second kappa shape index (κ2) is 9.56. The molecule has 0 aliphatic rings. The fourth-order valence-electron chi connectivity index (χ4n) is 3.39. The smallest absolute Gasteiger partial charge is 0.251 e. The van der Waals surface area contributed by atoms with Crippen molar-refractivity contribution in [3.05, 3.63) is 101 Å². The first-order valence-corrected chi connectivity index (χ1v) is 12.3. The number of hydrogen-bond donors (Lipinski definition) is 1. The Balaban J connectivity index is 1.17. The molecule has 1 N–H and O–H groups in total. The van der Waals surface area contributed by atoms with Gasteiger partial charge in [0.1, 0.15) is 16.5 Å². The molecule has 0 aliphatic carbocycles. The Hall–Kier alpha value is -3.49. The number of pyridine rings is 1. The van der Waals surface area contributed by atoms with Crippen LogP contribution in [0, 0.1) is 6.92 Å². The van der Waals surface area contributed by atoms with Crippen LogP contribution in [0.5, 0.6) is 0 Å². The van der Waals surface area contributed by atoms with E-state index in [-0.39, 0.29) is 5.91 Å². The number of hydrogen-bond acceptors (Lipinski definition) is 6. The van der Waals surface area contributed by atoms with E-state index in [1.165, 1.54) is 0 Å². The first kappa shape index (κ1) is 21.4.